The molecule has 7 nitrogen and oxygen atoms in total. The number of hydrogen-bond donors (Lipinski definition) is 3. The van der Waals surface area contributed by atoms with E-state index in [1.54, 1.807) is 20.8 Å². The van der Waals surface area contributed by atoms with Gasteiger partial charge < -0.3 is 25.2 Å². The first kappa shape index (κ1) is 29.5. The number of alkyl carbamates (subject to hydrolysis) is 2. The second-order valence-electron chi connectivity index (χ2n) is 9.56. The van der Waals surface area contributed by atoms with E-state index in [0.717, 1.165) is 11.1 Å². The standard InChI is InChI=1S/C13H18BrNO2.C13H19NO3/c1-13(2,3)17-12(16)15-11(9-14)10-7-5-4-6-8-10;1-13(2,3)17-12(16)14-11(9-15)10-7-5-4-6-8-10/h4-8,11H,9H2,1-3H3,(H,15,16);4-8,11,15H,9H2,1-3H3,(H,14,16)/t2*11-/m00/s1. The van der Waals surface area contributed by atoms with Crippen LogP contribution in [0.4, 0.5) is 9.59 Å². The predicted molar refractivity (Wildman–Crippen MR) is 138 cm³/mol. The molecule has 188 valence electrons. The van der Waals surface area contributed by atoms with Crippen molar-refractivity contribution in [3.05, 3.63) is 71.8 Å². The molecule has 0 aliphatic rings. The third-order valence-electron chi connectivity index (χ3n) is 4.12. The van der Waals surface area contributed by atoms with Crippen LogP contribution >= 0.6 is 15.9 Å². The minimum Gasteiger partial charge on any atom is -0.444 e. The predicted octanol–water partition coefficient (Wildman–Crippen LogP) is 5.89. The molecule has 0 aliphatic heterocycles. The SMILES string of the molecule is CC(C)(C)OC(=O)N[C@@H](CBr)c1ccccc1.CC(C)(C)OC(=O)N[C@@H](CO)c1ccccc1. The molecule has 0 bridgehead atoms. The molecule has 2 aromatic carbocycles. The monoisotopic (exact) mass is 536 g/mol. The number of benzene rings is 2. The number of carbonyl (C=O) groups excluding carboxylic acids is 2. The first-order valence-corrected chi connectivity index (χ1v) is 12.2. The summed E-state index contributed by atoms with van der Waals surface area (Å²) in [6.45, 7) is 10.8. The summed E-state index contributed by atoms with van der Waals surface area (Å²) >= 11 is 3.39. The zero-order chi connectivity index (χ0) is 25.8. The Morgan fingerprint density at radius 1 is 0.765 bits per heavy atom. The number of hydrogen-bond acceptors (Lipinski definition) is 5. The van der Waals surface area contributed by atoms with Gasteiger partial charge in [0.05, 0.1) is 18.7 Å². The second-order valence-corrected chi connectivity index (χ2v) is 10.2. The highest BCUT2D eigenvalue weighted by molar-refractivity contribution is 9.09. The van der Waals surface area contributed by atoms with Gasteiger partial charge in [0.25, 0.3) is 0 Å². The maximum absolute atomic E-state index is 11.6. The molecule has 2 aromatic rings. The summed E-state index contributed by atoms with van der Waals surface area (Å²) in [5.41, 5.74) is 0.884. The molecular weight excluding hydrogens is 500 g/mol. The molecular formula is C26H37BrN2O5. The van der Waals surface area contributed by atoms with Crippen molar-refractivity contribution in [1.82, 2.24) is 10.6 Å². The molecule has 0 aromatic heterocycles. The lowest BCUT2D eigenvalue weighted by atomic mass is 10.1. The number of halogens is 1. The Balaban J connectivity index is 0.000000340. The van der Waals surface area contributed by atoms with Crippen molar-refractivity contribution < 1.29 is 24.2 Å². The third-order valence-corrected chi connectivity index (χ3v) is 4.77. The Bertz CT molecular complexity index is 791. The molecule has 0 aliphatic carbocycles. The van der Waals surface area contributed by atoms with Crippen molar-refractivity contribution in [3.63, 3.8) is 0 Å². The van der Waals surface area contributed by atoms with Crippen LogP contribution in [-0.2, 0) is 9.47 Å². The van der Waals surface area contributed by atoms with Crippen LogP contribution < -0.4 is 10.6 Å². The van der Waals surface area contributed by atoms with Gasteiger partial charge in [-0.2, -0.15) is 0 Å². The van der Waals surface area contributed by atoms with Gasteiger partial charge in [0.15, 0.2) is 0 Å². The van der Waals surface area contributed by atoms with Crippen molar-refractivity contribution in [2.75, 3.05) is 11.9 Å². The quantitative estimate of drug-likeness (QED) is 0.399. The van der Waals surface area contributed by atoms with E-state index in [0.29, 0.717) is 5.33 Å². The van der Waals surface area contributed by atoms with Crippen LogP contribution in [0, 0.1) is 0 Å². The third kappa shape index (κ3) is 12.6. The van der Waals surface area contributed by atoms with Crippen LogP contribution in [0.1, 0.15) is 64.8 Å². The van der Waals surface area contributed by atoms with Crippen molar-refractivity contribution in [3.8, 4) is 0 Å². The van der Waals surface area contributed by atoms with Crippen LogP contribution in [0.2, 0.25) is 0 Å². The van der Waals surface area contributed by atoms with Crippen LogP contribution in [0.3, 0.4) is 0 Å². The number of amides is 2. The molecule has 2 atom stereocenters. The Morgan fingerprint density at radius 3 is 1.44 bits per heavy atom. The molecule has 3 N–H and O–H groups in total. The number of ether oxygens (including phenoxy) is 2. The zero-order valence-electron chi connectivity index (χ0n) is 20.8. The fourth-order valence-electron chi connectivity index (χ4n) is 2.72. The van der Waals surface area contributed by atoms with E-state index >= 15 is 0 Å². The van der Waals surface area contributed by atoms with Crippen LogP contribution in [0.5, 0.6) is 0 Å². The van der Waals surface area contributed by atoms with E-state index in [9.17, 15) is 14.7 Å². The van der Waals surface area contributed by atoms with Gasteiger partial charge in [0.2, 0.25) is 0 Å². The summed E-state index contributed by atoms with van der Waals surface area (Å²) in [5.74, 6) is 0. The summed E-state index contributed by atoms with van der Waals surface area (Å²) in [4.78, 5) is 23.2. The molecule has 0 heterocycles. The largest absolute Gasteiger partial charge is 0.444 e. The molecule has 0 radical (unpaired) electrons. The Labute approximate surface area is 211 Å². The van der Waals surface area contributed by atoms with Crippen LogP contribution in [0.15, 0.2) is 60.7 Å². The average Bonchev–Trinajstić information content (AvgIpc) is 2.75. The molecule has 0 saturated carbocycles. The molecule has 34 heavy (non-hydrogen) atoms. The van der Waals surface area contributed by atoms with Crippen molar-refractivity contribution in [2.24, 2.45) is 0 Å². The number of rotatable bonds is 6. The maximum atomic E-state index is 11.6. The van der Waals surface area contributed by atoms with Gasteiger partial charge in [0.1, 0.15) is 11.2 Å². The highest BCUT2D eigenvalue weighted by Gasteiger charge is 2.20. The lowest BCUT2D eigenvalue weighted by molar-refractivity contribution is 0.0478. The van der Waals surface area contributed by atoms with E-state index in [4.69, 9.17) is 9.47 Å². The Kier molecular flexibility index (Phi) is 12.1. The summed E-state index contributed by atoms with van der Waals surface area (Å²) in [7, 11) is 0. The minimum absolute atomic E-state index is 0.0777. The summed E-state index contributed by atoms with van der Waals surface area (Å²) < 4.78 is 10.4. The molecule has 0 unspecified atom stereocenters. The average molecular weight is 537 g/mol. The maximum Gasteiger partial charge on any atom is 0.408 e. The van der Waals surface area contributed by atoms with Crippen LogP contribution in [-0.4, -0.2) is 40.4 Å². The van der Waals surface area contributed by atoms with Gasteiger partial charge in [-0.3, -0.25) is 0 Å². The van der Waals surface area contributed by atoms with Crippen molar-refractivity contribution >= 4 is 28.1 Å². The van der Waals surface area contributed by atoms with E-state index < -0.39 is 29.4 Å². The van der Waals surface area contributed by atoms with Gasteiger partial charge in [-0.25, -0.2) is 9.59 Å². The topological polar surface area (TPSA) is 96.9 Å². The summed E-state index contributed by atoms with van der Waals surface area (Å²) in [6, 6.07) is 18.6. The normalized spacial score (nSPS) is 12.9. The van der Waals surface area contributed by atoms with Crippen molar-refractivity contribution in [2.45, 2.75) is 64.8 Å². The summed E-state index contributed by atoms with van der Waals surface area (Å²) in [6.07, 6.45) is -0.925. The number of aliphatic hydroxyl groups excluding tert-OH is 1. The smallest absolute Gasteiger partial charge is 0.408 e. The minimum atomic E-state index is -0.541. The molecule has 2 amide bonds. The van der Waals surface area contributed by atoms with Gasteiger partial charge in [-0.1, -0.05) is 76.6 Å². The van der Waals surface area contributed by atoms with Gasteiger partial charge >= 0.3 is 12.2 Å². The van der Waals surface area contributed by atoms with Gasteiger partial charge in [-0.15, -0.1) is 0 Å². The van der Waals surface area contributed by atoms with Gasteiger partial charge in [-0.05, 0) is 52.7 Å². The fourth-order valence-corrected chi connectivity index (χ4v) is 3.25. The zero-order valence-corrected chi connectivity index (χ0v) is 22.4. The fraction of sp³-hybridized carbons (Fsp3) is 0.462. The van der Waals surface area contributed by atoms with E-state index in [-0.39, 0.29) is 12.6 Å². The first-order chi connectivity index (χ1) is 15.8. The first-order valence-electron chi connectivity index (χ1n) is 11.1. The molecule has 0 spiro atoms. The highest BCUT2D eigenvalue weighted by Crippen LogP contribution is 2.16. The Morgan fingerprint density at radius 2 is 1.12 bits per heavy atom. The summed E-state index contributed by atoms with van der Waals surface area (Å²) in [5, 5.41) is 15.4. The van der Waals surface area contributed by atoms with E-state index in [1.165, 1.54) is 0 Å². The van der Waals surface area contributed by atoms with E-state index in [1.807, 2.05) is 81.4 Å². The second kappa shape index (κ2) is 14.0. The number of alkyl halides is 1. The number of carbonyl (C=O) groups is 2. The molecule has 8 heteroatoms. The van der Waals surface area contributed by atoms with Gasteiger partial charge in [0, 0.05) is 5.33 Å². The van der Waals surface area contributed by atoms with Crippen LogP contribution in [0.25, 0.3) is 0 Å². The number of nitrogens with one attached hydrogen (secondary N) is 2. The van der Waals surface area contributed by atoms with E-state index in [2.05, 4.69) is 26.6 Å². The lowest BCUT2D eigenvalue weighted by Gasteiger charge is -2.23. The molecule has 0 fully saturated rings. The number of aliphatic hydroxyl groups is 1. The molecule has 2 rings (SSSR count). The molecule has 0 saturated heterocycles. The lowest BCUT2D eigenvalue weighted by Crippen LogP contribution is -2.36. The van der Waals surface area contributed by atoms with Crippen molar-refractivity contribution in [1.29, 1.82) is 0 Å². The highest BCUT2D eigenvalue weighted by atomic mass is 79.9. The Hall–Kier alpha value is -2.58.